The van der Waals surface area contributed by atoms with Crippen LogP contribution in [0.25, 0.3) is 0 Å². The van der Waals surface area contributed by atoms with Crippen LogP contribution in [-0.4, -0.2) is 19.0 Å². The van der Waals surface area contributed by atoms with E-state index in [2.05, 4.69) is 43.8 Å². The Bertz CT molecular complexity index is 235. The number of thiol groups is 1. The Morgan fingerprint density at radius 2 is 2.00 bits per heavy atom. The molecule has 0 aliphatic heterocycles. The van der Waals surface area contributed by atoms with Crippen LogP contribution in [0.5, 0.6) is 0 Å². The summed E-state index contributed by atoms with van der Waals surface area (Å²) in [5.41, 5.74) is 1.32. The van der Waals surface area contributed by atoms with E-state index in [1.165, 1.54) is 5.56 Å². The zero-order valence-corrected chi connectivity index (χ0v) is 9.54. The van der Waals surface area contributed by atoms with Crippen molar-refractivity contribution in [2.75, 3.05) is 19.0 Å². The van der Waals surface area contributed by atoms with E-state index in [0.717, 1.165) is 25.4 Å². The fourth-order valence-electron chi connectivity index (χ4n) is 1.35. The first-order valence-corrected chi connectivity index (χ1v) is 5.75. The molecule has 0 saturated heterocycles. The largest absolute Gasteiger partial charge is 0.381 e. The van der Waals surface area contributed by atoms with E-state index < -0.39 is 0 Å². The van der Waals surface area contributed by atoms with E-state index in [-0.39, 0.29) is 0 Å². The maximum atomic E-state index is 5.54. The molecule has 1 nitrogen and oxygen atoms in total. The van der Waals surface area contributed by atoms with Crippen molar-refractivity contribution in [3.8, 4) is 0 Å². The highest BCUT2D eigenvalue weighted by atomic mass is 32.1. The van der Waals surface area contributed by atoms with Crippen LogP contribution >= 0.6 is 12.6 Å². The van der Waals surface area contributed by atoms with Crippen molar-refractivity contribution in [3.63, 3.8) is 0 Å². The molecule has 0 spiro atoms. The SMILES string of the molecule is CCCOCC(CS)c1ccccc1. The van der Waals surface area contributed by atoms with Gasteiger partial charge in [0, 0.05) is 12.5 Å². The van der Waals surface area contributed by atoms with Crippen LogP contribution in [-0.2, 0) is 4.74 Å². The minimum atomic E-state index is 0.422. The van der Waals surface area contributed by atoms with Gasteiger partial charge in [-0.3, -0.25) is 0 Å². The highest BCUT2D eigenvalue weighted by Gasteiger charge is 2.08. The molecule has 0 aromatic heterocycles. The first kappa shape index (κ1) is 11.6. The maximum absolute atomic E-state index is 5.54. The van der Waals surface area contributed by atoms with Crippen LogP contribution in [0.2, 0.25) is 0 Å². The normalized spacial score (nSPS) is 12.7. The Balaban J connectivity index is 2.46. The van der Waals surface area contributed by atoms with Gasteiger partial charge in [-0.05, 0) is 17.7 Å². The molecule has 1 unspecified atom stereocenters. The standard InChI is InChI=1S/C12H18OS/c1-2-8-13-9-12(10-14)11-6-4-3-5-7-11/h3-7,12,14H,2,8-10H2,1H3. The Kier molecular flexibility index (Phi) is 5.72. The van der Waals surface area contributed by atoms with E-state index in [1.807, 2.05) is 6.07 Å². The fraction of sp³-hybridized carbons (Fsp3) is 0.500. The predicted molar refractivity (Wildman–Crippen MR) is 64.1 cm³/mol. The summed E-state index contributed by atoms with van der Waals surface area (Å²) >= 11 is 4.35. The fourth-order valence-corrected chi connectivity index (χ4v) is 1.67. The van der Waals surface area contributed by atoms with Crippen molar-refractivity contribution >= 4 is 12.6 Å². The molecule has 0 aliphatic carbocycles. The smallest absolute Gasteiger partial charge is 0.0542 e. The minimum absolute atomic E-state index is 0.422. The van der Waals surface area contributed by atoms with Crippen molar-refractivity contribution in [1.29, 1.82) is 0 Å². The van der Waals surface area contributed by atoms with Gasteiger partial charge in [0.15, 0.2) is 0 Å². The molecule has 0 bridgehead atoms. The molecular formula is C12H18OS. The lowest BCUT2D eigenvalue weighted by atomic mass is 10.0. The Morgan fingerprint density at radius 1 is 1.29 bits per heavy atom. The van der Waals surface area contributed by atoms with Crippen molar-refractivity contribution in [2.24, 2.45) is 0 Å². The van der Waals surface area contributed by atoms with Gasteiger partial charge in [0.2, 0.25) is 0 Å². The van der Waals surface area contributed by atoms with Crippen LogP contribution in [0.1, 0.15) is 24.8 Å². The molecule has 2 heteroatoms. The molecule has 1 aromatic carbocycles. The van der Waals surface area contributed by atoms with Crippen molar-refractivity contribution in [2.45, 2.75) is 19.3 Å². The summed E-state index contributed by atoms with van der Waals surface area (Å²) in [7, 11) is 0. The molecule has 1 rings (SSSR count). The van der Waals surface area contributed by atoms with Gasteiger partial charge in [0.05, 0.1) is 6.61 Å². The van der Waals surface area contributed by atoms with Crippen LogP contribution in [0.15, 0.2) is 30.3 Å². The summed E-state index contributed by atoms with van der Waals surface area (Å²) in [5, 5.41) is 0. The van der Waals surface area contributed by atoms with Crippen LogP contribution in [0.4, 0.5) is 0 Å². The molecule has 0 radical (unpaired) electrons. The van der Waals surface area contributed by atoms with E-state index in [4.69, 9.17) is 4.74 Å². The number of hydrogen-bond donors (Lipinski definition) is 1. The molecule has 0 saturated carbocycles. The first-order valence-electron chi connectivity index (χ1n) is 5.12. The average Bonchev–Trinajstić information content (AvgIpc) is 2.26. The van der Waals surface area contributed by atoms with Crippen molar-refractivity contribution < 1.29 is 4.74 Å². The topological polar surface area (TPSA) is 9.23 Å². The highest BCUT2D eigenvalue weighted by molar-refractivity contribution is 7.80. The van der Waals surface area contributed by atoms with Gasteiger partial charge in [0.1, 0.15) is 0 Å². The Morgan fingerprint density at radius 3 is 2.57 bits per heavy atom. The predicted octanol–water partition coefficient (Wildman–Crippen LogP) is 3.13. The summed E-state index contributed by atoms with van der Waals surface area (Å²) in [6.07, 6.45) is 1.08. The maximum Gasteiger partial charge on any atom is 0.0542 e. The number of benzene rings is 1. The van der Waals surface area contributed by atoms with E-state index >= 15 is 0 Å². The minimum Gasteiger partial charge on any atom is -0.381 e. The average molecular weight is 210 g/mol. The molecule has 78 valence electrons. The van der Waals surface area contributed by atoms with Gasteiger partial charge in [-0.1, -0.05) is 37.3 Å². The Labute approximate surface area is 91.9 Å². The van der Waals surface area contributed by atoms with Crippen LogP contribution in [0.3, 0.4) is 0 Å². The molecule has 1 aromatic rings. The lowest BCUT2D eigenvalue weighted by Gasteiger charge is -2.14. The van der Waals surface area contributed by atoms with E-state index in [0.29, 0.717) is 5.92 Å². The van der Waals surface area contributed by atoms with Crippen molar-refractivity contribution in [3.05, 3.63) is 35.9 Å². The van der Waals surface area contributed by atoms with E-state index in [1.54, 1.807) is 0 Å². The summed E-state index contributed by atoms with van der Waals surface area (Å²) in [5.74, 6) is 1.26. The Hall–Kier alpha value is -0.470. The molecular weight excluding hydrogens is 192 g/mol. The van der Waals surface area contributed by atoms with Gasteiger partial charge in [-0.15, -0.1) is 0 Å². The quantitative estimate of drug-likeness (QED) is 0.560. The van der Waals surface area contributed by atoms with Gasteiger partial charge in [-0.25, -0.2) is 0 Å². The number of rotatable bonds is 6. The van der Waals surface area contributed by atoms with Gasteiger partial charge >= 0.3 is 0 Å². The van der Waals surface area contributed by atoms with Crippen LogP contribution in [0, 0.1) is 0 Å². The monoisotopic (exact) mass is 210 g/mol. The van der Waals surface area contributed by atoms with Gasteiger partial charge in [-0.2, -0.15) is 12.6 Å². The molecule has 0 amide bonds. The number of hydrogen-bond acceptors (Lipinski definition) is 2. The second-order valence-corrected chi connectivity index (χ2v) is 3.73. The van der Waals surface area contributed by atoms with Gasteiger partial charge in [0.25, 0.3) is 0 Å². The molecule has 1 atom stereocenters. The van der Waals surface area contributed by atoms with E-state index in [9.17, 15) is 0 Å². The first-order chi connectivity index (χ1) is 6.88. The zero-order valence-electron chi connectivity index (χ0n) is 8.65. The third kappa shape index (κ3) is 3.72. The van der Waals surface area contributed by atoms with Crippen molar-refractivity contribution in [1.82, 2.24) is 0 Å². The summed E-state index contributed by atoms with van der Waals surface area (Å²) < 4.78 is 5.54. The third-order valence-electron chi connectivity index (χ3n) is 2.16. The molecule has 0 N–H and O–H groups in total. The molecule has 0 aliphatic rings. The van der Waals surface area contributed by atoms with Crippen LogP contribution < -0.4 is 0 Å². The third-order valence-corrected chi connectivity index (χ3v) is 2.60. The summed E-state index contributed by atoms with van der Waals surface area (Å²) in [6.45, 7) is 3.75. The summed E-state index contributed by atoms with van der Waals surface area (Å²) in [6, 6.07) is 10.4. The lowest BCUT2D eigenvalue weighted by Crippen LogP contribution is -2.10. The molecule has 0 heterocycles. The lowest BCUT2D eigenvalue weighted by molar-refractivity contribution is 0.125. The number of ether oxygens (including phenoxy) is 1. The second kappa shape index (κ2) is 6.91. The van der Waals surface area contributed by atoms with Gasteiger partial charge < -0.3 is 4.74 Å². The summed E-state index contributed by atoms with van der Waals surface area (Å²) in [4.78, 5) is 0. The molecule has 14 heavy (non-hydrogen) atoms. The zero-order chi connectivity index (χ0) is 10.2. The molecule has 0 fully saturated rings. The second-order valence-electron chi connectivity index (χ2n) is 3.37. The highest BCUT2D eigenvalue weighted by Crippen LogP contribution is 2.17.